The summed E-state index contributed by atoms with van der Waals surface area (Å²) in [5.74, 6) is 1.29. The lowest BCUT2D eigenvalue weighted by Crippen LogP contribution is -2.32. The number of rotatable bonds is 9. The molecule has 0 unspecified atom stereocenters. The highest BCUT2D eigenvalue weighted by molar-refractivity contribution is 7.98. The van der Waals surface area contributed by atoms with Crippen molar-refractivity contribution in [1.82, 2.24) is 10.2 Å². The number of likely N-dealkylation sites (N-methyl/N-ethyl adjacent to an activating group) is 2. The summed E-state index contributed by atoms with van der Waals surface area (Å²) in [4.78, 5) is 2.51. The smallest absolute Gasteiger partial charge is 0.0107 e. The molecule has 0 spiro atoms. The van der Waals surface area contributed by atoms with E-state index in [2.05, 4.69) is 30.3 Å². The molecule has 80 valence electrons. The standard InChI is InChI=1S/C10H24N2S/c1-4-11-7-9-12(5-2)8-6-10-13-3/h11H,4-10H2,1-3H3. The molecule has 0 aliphatic rings. The molecule has 0 aromatic carbocycles. The number of nitrogens with one attached hydrogen (secondary N) is 1. The Morgan fingerprint density at radius 3 is 2.54 bits per heavy atom. The van der Waals surface area contributed by atoms with E-state index < -0.39 is 0 Å². The van der Waals surface area contributed by atoms with Crippen molar-refractivity contribution >= 4 is 11.8 Å². The molecule has 0 heterocycles. The van der Waals surface area contributed by atoms with Crippen LogP contribution in [-0.4, -0.2) is 49.6 Å². The summed E-state index contributed by atoms with van der Waals surface area (Å²) in [6.07, 6.45) is 3.50. The lowest BCUT2D eigenvalue weighted by Gasteiger charge is -2.19. The van der Waals surface area contributed by atoms with E-state index in [1.54, 1.807) is 0 Å². The van der Waals surface area contributed by atoms with Gasteiger partial charge < -0.3 is 10.2 Å². The Hall–Kier alpha value is 0.270. The van der Waals surface area contributed by atoms with Crippen LogP contribution in [0.3, 0.4) is 0 Å². The van der Waals surface area contributed by atoms with E-state index in [0.29, 0.717) is 0 Å². The van der Waals surface area contributed by atoms with Crippen LogP contribution in [0.4, 0.5) is 0 Å². The summed E-state index contributed by atoms with van der Waals surface area (Å²) < 4.78 is 0. The van der Waals surface area contributed by atoms with Crippen LogP contribution < -0.4 is 5.32 Å². The Balaban J connectivity index is 3.28. The zero-order valence-electron chi connectivity index (χ0n) is 9.31. The second kappa shape index (κ2) is 10.4. The number of hydrogen-bond acceptors (Lipinski definition) is 3. The lowest BCUT2D eigenvalue weighted by molar-refractivity contribution is 0.289. The van der Waals surface area contributed by atoms with E-state index >= 15 is 0 Å². The van der Waals surface area contributed by atoms with E-state index in [1.807, 2.05) is 11.8 Å². The van der Waals surface area contributed by atoms with E-state index in [9.17, 15) is 0 Å². The third-order valence-electron chi connectivity index (χ3n) is 2.12. The first-order valence-corrected chi connectivity index (χ1v) is 6.66. The highest BCUT2D eigenvalue weighted by Gasteiger charge is 1.99. The molecule has 0 aliphatic heterocycles. The van der Waals surface area contributed by atoms with Gasteiger partial charge in [-0.2, -0.15) is 11.8 Å². The Kier molecular flexibility index (Phi) is 10.6. The van der Waals surface area contributed by atoms with Crippen LogP contribution in [0, 0.1) is 0 Å². The van der Waals surface area contributed by atoms with Gasteiger partial charge in [0.05, 0.1) is 0 Å². The highest BCUT2D eigenvalue weighted by Crippen LogP contribution is 1.97. The Labute approximate surface area is 87.5 Å². The molecule has 0 aromatic rings. The normalized spacial score (nSPS) is 11.1. The first kappa shape index (κ1) is 13.3. The first-order chi connectivity index (χ1) is 6.35. The Morgan fingerprint density at radius 2 is 2.00 bits per heavy atom. The maximum Gasteiger partial charge on any atom is 0.0107 e. The maximum atomic E-state index is 3.36. The van der Waals surface area contributed by atoms with Gasteiger partial charge in [0.15, 0.2) is 0 Å². The zero-order valence-corrected chi connectivity index (χ0v) is 10.1. The molecule has 13 heavy (non-hydrogen) atoms. The fourth-order valence-electron chi connectivity index (χ4n) is 1.27. The molecule has 0 aromatic heterocycles. The summed E-state index contributed by atoms with van der Waals surface area (Å²) in [6, 6.07) is 0. The van der Waals surface area contributed by atoms with Crippen LogP contribution in [0.25, 0.3) is 0 Å². The van der Waals surface area contributed by atoms with Gasteiger partial charge >= 0.3 is 0 Å². The van der Waals surface area contributed by atoms with Gasteiger partial charge in [-0.05, 0) is 38.1 Å². The second-order valence-electron chi connectivity index (χ2n) is 3.13. The summed E-state index contributed by atoms with van der Waals surface area (Å²) in [5.41, 5.74) is 0. The molecule has 0 fully saturated rings. The number of thioether (sulfide) groups is 1. The quantitative estimate of drug-likeness (QED) is 0.575. The molecule has 0 rings (SSSR count). The SMILES string of the molecule is CCNCCN(CC)CCCSC. The van der Waals surface area contributed by atoms with Crippen molar-refractivity contribution in [1.29, 1.82) is 0 Å². The van der Waals surface area contributed by atoms with Crippen LogP contribution in [-0.2, 0) is 0 Å². The third-order valence-corrected chi connectivity index (χ3v) is 2.82. The molecule has 0 amide bonds. The molecule has 0 saturated carbocycles. The van der Waals surface area contributed by atoms with Gasteiger partial charge in [0, 0.05) is 13.1 Å². The van der Waals surface area contributed by atoms with E-state index in [1.165, 1.54) is 31.8 Å². The van der Waals surface area contributed by atoms with Gasteiger partial charge in [0.1, 0.15) is 0 Å². The van der Waals surface area contributed by atoms with E-state index in [0.717, 1.165) is 13.1 Å². The highest BCUT2D eigenvalue weighted by atomic mass is 32.2. The van der Waals surface area contributed by atoms with Gasteiger partial charge in [-0.1, -0.05) is 13.8 Å². The summed E-state index contributed by atoms with van der Waals surface area (Å²) in [6.45, 7) is 10.2. The fraction of sp³-hybridized carbons (Fsp3) is 1.00. The number of hydrogen-bond donors (Lipinski definition) is 1. The molecule has 2 nitrogen and oxygen atoms in total. The van der Waals surface area contributed by atoms with Gasteiger partial charge in [-0.25, -0.2) is 0 Å². The van der Waals surface area contributed by atoms with E-state index in [-0.39, 0.29) is 0 Å². The minimum absolute atomic E-state index is 1.09. The molecule has 0 atom stereocenters. The van der Waals surface area contributed by atoms with Crippen molar-refractivity contribution in [2.75, 3.05) is 44.7 Å². The Bertz CT molecular complexity index is 88.9. The van der Waals surface area contributed by atoms with E-state index in [4.69, 9.17) is 0 Å². The van der Waals surface area contributed by atoms with Crippen LogP contribution in [0.15, 0.2) is 0 Å². The molecular weight excluding hydrogens is 180 g/mol. The fourth-order valence-corrected chi connectivity index (χ4v) is 1.69. The topological polar surface area (TPSA) is 15.3 Å². The molecule has 0 bridgehead atoms. The zero-order chi connectivity index (χ0) is 9.94. The average molecular weight is 204 g/mol. The predicted molar refractivity (Wildman–Crippen MR) is 63.7 cm³/mol. The maximum absolute atomic E-state index is 3.36. The van der Waals surface area contributed by atoms with Gasteiger partial charge in [-0.15, -0.1) is 0 Å². The van der Waals surface area contributed by atoms with Gasteiger partial charge in [-0.3, -0.25) is 0 Å². The van der Waals surface area contributed by atoms with Crippen molar-refractivity contribution in [2.24, 2.45) is 0 Å². The van der Waals surface area contributed by atoms with Crippen LogP contribution in [0.2, 0.25) is 0 Å². The van der Waals surface area contributed by atoms with Crippen molar-refractivity contribution in [3.05, 3.63) is 0 Å². The van der Waals surface area contributed by atoms with Crippen molar-refractivity contribution in [2.45, 2.75) is 20.3 Å². The van der Waals surface area contributed by atoms with Gasteiger partial charge in [0.25, 0.3) is 0 Å². The summed E-state index contributed by atoms with van der Waals surface area (Å²) in [7, 11) is 0. The molecule has 0 saturated heterocycles. The molecule has 3 heteroatoms. The monoisotopic (exact) mass is 204 g/mol. The predicted octanol–water partition coefficient (Wildman–Crippen LogP) is 1.67. The van der Waals surface area contributed by atoms with Crippen LogP contribution in [0.1, 0.15) is 20.3 Å². The number of nitrogens with zero attached hydrogens (tertiary/aromatic N) is 1. The van der Waals surface area contributed by atoms with Gasteiger partial charge in [0.2, 0.25) is 0 Å². The van der Waals surface area contributed by atoms with Crippen LogP contribution in [0.5, 0.6) is 0 Å². The van der Waals surface area contributed by atoms with Crippen LogP contribution >= 0.6 is 11.8 Å². The average Bonchev–Trinajstić information content (AvgIpc) is 2.16. The van der Waals surface area contributed by atoms with Crippen molar-refractivity contribution in [3.63, 3.8) is 0 Å². The molecule has 0 radical (unpaired) electrons. The second-order valence-corrected chi connectivity index (χ2v) is 4.12. The minimum Gasteiger partial charge on any atom is -0.316 e. The summed E-state index contributed by atoms with van der Waals surface area (Å²) in [5, 5.41) is 3.36. The van der Waals surface area contributed by atoms with Crippen molar-refractivity contribution < 1.29 is 0 Å². The van der Waals surface area contributed by atoms with Crippen molar-refractivity contribution in [3.8, 4) is 0 Å². The third kappa shape index (κ3) is 8.60. The first-order valence-electron chi connectivity index (χ1n) is 5.27. The lowest BCUT2D eigenvalue weighted by atomic mass is 10.4. The Morgan fingerprint density at radius 1 is 1.23 bits per heavy atom. The summed E-state index contributed by atoms with van der Waals surface area (Å²) >= 11 is 1.94. The molecule has 1 N–H and O–H groups in total. The largest absolute Gasteiger partial charge is 0.316 e. The molecular formula is C10H24N2S. The minimum atomic E-state index is 1.09. The molecule has 0 aliphatic carbocycles.